The van der Waals surface area contributed by atoms with Crippen molar-refractivity contribution in [1.82, 2.24) is 14.7 Å². The van der Waals surface area contributed by atoms with Gasteiger partial charge in [0.1, 0.15) is 0 Å². The van der Waals surface area contributed by atoms with Gasteiger partial charge in [0.2, 0.25) is 11.8 Å². The molecule has 1 atom stereocenters. The lowest BCUT2D eigenvalue weighted by atomic mass is 9.90. The van der Waals surface area contributed by atoms with Gasteiger partial charge in [-0.15, -0.1) is 0 Å². The maximum Gasteiger partial charge on any atom is 0.226 e. The van der Waals surface area contributed by atoms with Crippen molar-refractivity contribution < 1.29 is 19.1 Å². The molecule has 5 rings (SSSR count). The standard InChI is InChI=1S/C28H41N3O4/c1-34-24-9-8-21(18-25(24)35-2)19-26(32)30-12-10-28(11-13-30)20-23(28)27(33)31-16-14-29(15-17-31)22-6-4-3-5-7-22/h8-9,18,22-23H,3-7,10-17,19-20H2,1-2H3. The second kappa shape index (κ2) is 10.4. The van der Waals surface area contributed by atoms with Crippen molar-refractivity contribution in [2.24, 2.45) is 11.3 Å². The number of methoxy groups -OCH3 is 2. The van der Waals surface area contributed by atoms with Crippen molar-refractivity contribution in [1.29, 1.82) is 0 Å². The van der Waals surface area contributed by atoms with E-state index in [0.29, 0.717) is 23.8 Å². The van der Waals surface area contributed by atoms with E-state index >= 15 is 0 Å². The maximum atomic E-state index is 13.3. The molecule has 0 N–H and O–H groups in total. The number of piperidine rings is 1. The van der Waals surface area contributed by atoms with E-state index in [4.69, 9.17) is 9.47 Å². The first-order valence-corrected chi connectivity index (χ1v) is 13.5. The zero-order valence-corrected chi connectivity index (χ0v) is 21.5. The monoisotopic (exact) mass is 483 g/mol. The van der Waals surface area contributed by atoms with Crippen molar-refractivity contribution >= 4 is 11.8 Å². The number of ether oxygens (including phenoxy) is 2. The number of benzene rings is 1. The van der Waals surface area contributed by atoms with Gasteiger partial charge in [0.25, 0.3) is 0 Å². The molecule has 1 aromatic rings. The minimum absolute atomic E-state index is 0.137. The Hall–Kier alpha value is -2.28. The average molecular weight is 484 g/mol. The van der Waals surface area contributed by atoms with E-state index in [1.165, 1.54) is 32.1 Å². The molecule has 1 spiro atoms. The van der Waals surface area contributed by atoms with E-state index in [0.717, 1.165) is 70.1 Å². The highest BCUT2D eigenvalue weighted by atomic mass is 16.5. The third kappa shape index (κ3) is 5.16. The van der Waals surface area contributed by atoms with Crippen molar-refractivity contribution in [3.05, 3.63) is 23.8 Å². The van der Waals surface area contributed by atoms with Crippen LogP contribution in [0.1, 0.15) is 56.9 Å². The first-order valence-electron chi connectivity index (χ1n) is 13.5. The Balaban J connectivity index is 1.08. The lowest BCUT2D eigenvalue weighted by Gasteiger charge is -2.41. The first kappa shape index (κ1) is 24.4. The molecular formula is C28H41N3O4. The third-order valence-electron chi connectivity index (χ3n) is 9.12. The summed E-state index contributed by atoms with van der Waals surface area (Å²) in [5, 5.41) is 0. The Bertz CT molecular complexity index is 913. The molecule has 35 heavy (non-hydrogen) atoms. The molecule has 1 aromatic carbocycles. The normalized spacial score (nSPS) is 24.9. The van der Waals surface area contributed by atoms with Crippen LogP contribution in [0.3, 0.4) is 0 Å². The van der Waals surface area contributed by atoms with Gasteiger partial charge < -0.3 is 19.3 Å². The Morgan fingerprint density at radius 1 is 0.886 bits per heavy atom. The molecule has 2 amide bonds. The van der Waals surface area contributed by atoms with Crippen LogP contribution in [-0.4, -0.2) is 86.0 Å². The number of hydrogen-bond donors (Lipinski definition) is 0. The third-order valence-corrected chi connectivity index (χ3v) is 9.12. The molecule has 7 heteroatoms. The highest BCUT2D eigenvalue weighted by Gasteiger charge is 2.59. The fraction of sp³-hybridized carbons (Fsp3) is 0.714. The van der Waals surface area contributed by atoms with E-state index in [1.54, 1.807) is 14.2 Å². The number of carbonyl (C=O) groups excluding carboxylic acids is 2. The number of nitrogens with zero attached hydrogens (tertiary/aromatic N) is 3. The average Bonchev–Trinajstić information content (AvgIpc) is 3.61. The molecule has 2 aliphatic carbocycles. The fourth-order valence-corrected chi connectivity index (χ4v) is 6.70. The SMILES string of the molecule is COc1ccc(CC(=O)N2CCC3(CC2)CC3C(=O)N2CCN(C3CCCCC3)CC2)cc1OC. The van der Waals surface area contributed by atoms with Crippen LogP contribution in [-0.2, 0) is 16.0 Å². The summed E-state index contributed by atoms with van der Waals surface area (Å²) in [6, 6.07) is 6.40. The van der Waals surface area contributed by atoms with Gasteiger partial charge in [0, 0.05) is 51.2 Å². The minimum Gasteiger partial charge on any atom is -0.493 e. The fourth-order valence-electron chi connectivity index (χ4n) is 6.70. The summed E-state index contributed by atoms with van der Waals surface area (Å²) in [6.07, 6.45) is 10.0. The molecule has 4 aliphatic rings. The number of piperazine rings is 1. The van der Waals surface area contributed by atoms with E-state index in [1.807, 2.05) is 23.1 Å². The molecule has 7 nitrogen and oxygen atoms in total. The predicted molar refractivity (Wildman–Crippen MR) is 135 cm³/mol. The van der Waals surface area contributed by atoms with Gasteiger partial charge in [-0.2, -0.15) is 0 Å². The summed E-state index contributed by atoms with van der Waals surface area (Å²) in [7, 11) is 3.22. The van der Waals surface area contributed by atoms with Gasteiger partial charge in [-0.3, -0.25) is 14.5 Å². The highest BCUT2D eigenvalue weighted by molar-refractivity contribution is 5.83. The zero-order valence-electron chi connectivity index (χ0n) is 21.5. The molecule has 4 fully saturated rings. The molecule has 2 heterocycles. The molecule has 0 bridgehead atoms. The Morgan fingerprint density at radius 2 is 1.57 bits per heavy atom. The van der Waals surface area contributed by atoms with Crippen LogP contribution < -0.4 is 9.47 Å². The van der Waals surface area contributed by atoms with Crippen LogP contribution in [0, 0.1) is 11.3 Å². The summed E-state index contributed by atoms with van der Waals surface area (Å²) in [5.74, 6) is 2.01. The highest BCUT2D eigenvalue weighted by Crippen LogP contribution is 2.60. The minimum atomic E-state index is 0.137. The van der Waals surface area contributed by atoms with Crippen molar-refractivity contribution in [3.8, 4) is 11.5 Å². The molecule has 192 valence electrons. The van der Waals surface area contributed by atoms with E-state index < -0.39 is 0 Å². The number of rotatable bonds is 6. The molecule has 2 saturated heterocycles. The predicted octanol–water partition coefficient (Wildman–Crippen LogP) is 3.35. The van der Waals surface area contributed by atoms with Crippen molar-refractivity contribution in [3.63, 3.8) is 0 Å². The Kier molecular flexibility index (Phi) is 7.24. The van der Waals surface area contributed by atoms with Gasteiger partial charge in [0.15, 0.2) is 11.5 Å². The number of carbonyl (C=O) groups is 2. The molecule has 1 unspecified atom stereocenters. The largest absolute Gasteiger partial charge is 0.493 e. The lowest BCUT2D eigenvalue weighted by molar-refractivity contribution is -0.136. The van der Waals surface area contributed by atoms with Crippen LogP contribution in [0.2, 0.25) is 0 Å². The summed E-state index contributed by atoms with van der Waals surface area (Å²) in [5.41, 5.74) is 1.07. The van der Waals surface area contributed by atoms with Crippen molar-refractivity contribution in [2.75, 3.05) is 53.5 Å². The summed E-state index contributed by atoms with van der Waals surface area (Å²) in [6.45, 7) is 5.36. The van der Waals surface area contributed by atoms with Crippen LogP contribution in [0.15, 0.2) is 18.2 Å². The molecule has 2 saturated carbocycles. The number of hydrogen-bond acceptors (Lipinski definition) is 5. The Labute approximate surface area is 209 Å². The van der Waals surface area contributed by atoms with Crippen LogP contribution >= 0.6 is 0 Å². The van der Waals surface area contributed by atoms with Gasteiger partial charge in [0.05, 0.1) is 20.6 Å². The molecular weight excluding hydrogens is 442 g/mol. The van der Waals surface area contributed by atoms with Crippen LogP contribution in [0.5, 0.6) is 11.5 Å². The Morgan fingerprint density at radius 3 is 2.23 bits per heavy atom. The molecule has 0 aromatic heterocycles. The summed E-state index contributed by atoms with van der Waals surface area (Å²) >= 11 is 0. The van der Waals surface area contributed by atoms with E-state index in [9.17, 15) is 9.59 Å². The lowest BCUT2D eigenvalue weighted by Crippen LogP contribution is -2.53. The van der Waals surface area contributed by atoms with E-state index in [-0.39, 0.29) is 17.2 Å². The first-order chi connectivity index (χ1) is 17.0. The number of amides is 2. The van der Waals surface area contributed by atoms with E-state index in [2.05, 4.69) is 9.80 Å². The summed E-state index contributed by atoms with van der Waals surface area (Å²) in [4.78, 5) is 33.0. The topological polar surface area (TPSA) is 62.3 Å². The van der Waals surface area contributed by atoms with Crippen LogP contribution in [0.25, 0.3) is 0 Å². The van der Waals surface area contributed by atoms with Gasteiger partial charge in [-0.05, 0) is 55.2 Å². The molecule has 0 radical (unpaired) electrons. The second-order valence-corrected chi connectivity index (χ2v) is 11.0. The smallest absolute Gasteiger partial charge is 0.226 e. The number of likely N-dealkylation sites (tertiary alicyclic amines) is 1. The second-order valence-electron chi connectivity index (χ2n) is 11.0. The van der Waals surface area contributed by atoms with Crippen LogP contribution in [0.4, 0.5) is 0 Å². The van der Waals surface area contributed by atoms with Gasteiger partial charge >= 0.3 is 0 Å². The maximum absolute atomic E-state index is 13.3. The molecule has 2 aliphatic heterocycles. The van der Waals surface area contributed by atoms with Gasteiger partial charge in [-0.25, -0.2) is 0 Å². The van der Waals surface area contributed by atoms with Crippen molar-refractivity contribution in [2.45, 2.75) is 63.8 Å². The zero-order chi connectivity index (χ0) is 24.4. The van der Waals surface area contributed by atoms with Gasteiger partial charge in [-0.1, -0.05) is 25.3 Å². The quantitative estimate of drug-likeness (QED) is 0.621. The summed E-state index contributed by atoms with van der Waals surface area (Å²) < 4.78 is 10.7.